The van der Waals surface area contributed by atoms with E-state index in [4.69, 9.17) is 0 Å². The molecule has 11 heavy (non-hydrogen) atoms. The molecule has 0 unspecified atom stereocenters. The average Bonchev–Trinajstić information content (AvgIpc) is 1.83. The molecule has 64 valence electrons. The molecule has 0 radical (unpaired) electrons. The quantitative estimate of drug-likeness (QED) is 0.629. The zero-order chi connectivity index (χ0) is 7.90. The van der Waals surface area contributed by atoms with E-state index < -0.39 is 0 Å². The number of likely N-dealkylation sites (tertiary alicyclic amines) is 1. The van der Waals surface area contributed by atoms with Crippen LogP contribution >= 0.6 is 0 Å². The molecule has 2 fully saturated rings. The van der Waals surface area contributed by atoms with Crippen LogP contribution in [0.4, 0.5) is 0 Å². The Morgan fingerprint density at radius 2 is 2.09 bits per heavy atom. The van der Waals surface area contributed by atoms with Crippen molar-refractivity contribution >= 4 is 0 Å². The van der Waals surface area contributed by atoms with Gasteiger partial charge in [0.1, 0.15) is 0 Å². The van der Waals surface area contributed by atoms with Crippen molar-refractivity contribution in [1.29, 1.82) is 0 Å². The van der Waals surface area contributed by atoms with Crippen molar-refractivity contribution in [3.05, 3.63) is 0 Å². The van der Waals surface area contributed by atoms with Gasteiger partial charge in [-0.15, -0.1) is 0 Å². The van der Waals surface area contributed by atoms with Gasteiger partial charge in [0.2, 0.25) is 0 Å². The number of nitrogens with zero attached hydrogens (tertiary/aromatic N) is 1. The molecule has 0 aromatic rings. The van der Waals surface area contributed by atoms with Crippen LogP contribution in [-0.2, 0) is 0 Å². The van der Waals surface area contributed by atoms with E-state index in [2.05, 4.69) is 24.2 Å². The summed E-state index contributed by atoms with van der Waals surface area (Å²) < 4.78 is 0. The second-order valence-electron chi connectivity index (χ2n) is 4.20. The lowest BCUT2D eigenvalue weighted by atomic mass is 9.61. The van der Waals surface area contributed by atoms with Gasteiger partial charge in [0.15, 0.2) is 0 Å². The van der Waals surface area contributed by atoms with Crippen molar-refractivity contribution in [3.63, 3.8) is 0 Å². The Bertz CT molecular complexity index is 122. The van der Waals surface area contributed by atoms with Crippen LogP contribution in [0.2, 0.25) is 0 Å². The molecular weight excluding hydrogens is 136 g/mol. The molecule has 2 aliphatic rings. The summed E-state index contributed by atoms with van der Waals surface area (Å²) in [6, 6.07) is 0.828. The molecule has 1 aliphatic heterocycles. The molecule has 2 rings (SSSR count). The molecular formula is C9H18N2. The standard InChI is InChI=1S/C9H18N2/c1-3-11-6-9(7-11)4-8(5-9)10-2/h8,10H,3-7H2,1-2H3. The van der Waals surface area contributed by atoms with Crippen molar-refractivity contribution < 1.29 is 0 Å². The van der Waals surface area contributed by atoms with E-state index in [1.807, 2.05) is 0 Å². The van der Waals surface area contributed by atoms with E-state index in [0.29, 0.717) is 0 Å². The molecule has 2 nitrogen and oxygen atoms in total. The van der Waals surface area contributed by atoms with Crippen molar-refractivity contribution in [1.82, 2.24) is 10.2 Å². The topological polar surface area (TPSA) is 15.3 Å². The predicted octanol–water partition coefficient (Wildman–Crippen LogP) is 0.690. The zero-order valence-corrected chi connectivity index (χ0v) is 7.56. The van der Waals surface area contributed by atoms with Crippen LogP contribution < -0.4 is 5.32 Å². The van der Waals surface area contributed by atoms with Crippen molar-refractivity contribution in [2.24, 2.45) is 5.41 Å². The molecule has 0 atom stereocenters. The minimum atomic E-state index is 0.754. The Balaban J connectivity index is 1.75. The average molecular weight is 154 g/mol. The summed E-state index contributed by atoms with van der Waals surface area (Å²) in [6.07, 6.45) is 2.83. The van der Waals surface area contributed by atoms with E-state index in [9.17, 15) is 0 Å². The molecule has 0 aromatic heterocycles. The van der Waals surface area contributed by atoms with E-state index in [-0.39, 0.29) is 0 Å². The largest absolute Gasteiger partial charge is 0.317 e. The van der Waals surface area contributed by atoms with Gasteiger partial charge in [-0.2, -0.15) is 0 Å². The smallest absolute Gasteiger partial charge is 0.00765 e. The van der Waals surface area contributed by atoms with Gasteiger partial charge in [-0.3, -0.25) is 0 Å². The second-order valence-corrected chi connectivity index (χ2v) is 4.20. The van der Waals surface area contributed by atoms with Crippen LogP contribution in [0, 0.1) is 5.41 Å². The fourth-order valence-electron chi connectivity index (χ4n) is 2.57. The third-order valence-electron chi connectivity index (χ3n) is 3.33. The lowest BCUT2D eigenvalue weighted by Gasteiger charge is -2.59. The van der Waals surface area contributed by atoms with Gasteiger partial charge in [0.25, 0.3) is 0 Å². The summed E-state index contributed by atoms with van der Waals surface area (Å²) in [4.78, 5) is 2.53. The fourth-order valence-corrected chi connectivity index (χ4v) is 2.57. The summed E-state index contributed by atoms with van der Waals surface area (Å²) in [5.74, 6) is 0. The van der Waals surface area contributed by atoms with Gasteiger partial charge in [0.05, 0.1) is 0 Å². The first-order valence-electron chi connectivity index (χ1n) is 4.68. The van der Waals surface area contributed by atoms with Crippen LogP contribution in [0.15, 0.2) is 0 Å². The lowest BCUT2D eigenvalue weighted by molar-refractivity contribution is -0.0743. The summed E-state index contributed by atoms with van der Waals surface area (Å²) in [6.45, 7) is 6.22. The predicted molar refractivity (Wildman–Crippen MR) is 46.6 cm³/mol. The van der Waals surface area contributed by atoms with Gasteiger partial charge < -0.3 is 10.2 Å². The number of hydrogen-bond donors (Lipinski definition) is 1. The van der Waals surface area contributed by atoms with Gasteiger partial charge in [-0.25, -0.2) is 0 Å². The van der Waals surface area contributed by atoms with Crippen LogP contribution in [0.1, 0.15) is 19.8 Å². The van der Waals surface area contributed by atoms with Crippen molar-refractivity contribution in [2.75, 3.05) is 26.7 Å². The van der Waals surface area contributed by atoms with Crippen LogP contribution in [-0.4, -0.2) is 37.6 Å². The van der Waals surface area contributed by atoms with Crippen molar-refractivity contribution in [2.45, 2.75) is 25.8 Å². The summed E-state index contributed by atoms with van der Waals surface area (Å²) in [5.41, 5.74) is 0.754. The summed E-state index contributed by atoms with van der Waals surface area (Å²) in [7, 11) is 2.08. The first-order valence-corrected chi connectivity index (χ1v) is 4.68. The Morgan fingerprint density at radius 1 is 1.45 bits per heavy atom. The third-order valence-corrected chi connectivity index (χ3v) is 3.33. The molecule has 1 heterocycles. The molecule has 1 N–H and O–H groups in total. The van der Waals surface area contributed by atoms with Gasteiger partial charge in [-0.05, 0) is 31.8 Å². The minimum Gasteiger partial charge on any atom is -0.317 e. The monoisotopic (exact) mass is 154 g/mol. The summed E-state index contributed by atoms with van der Waals surface area (Å²) >= 11 is 0. The number of nitrogens with one attached hydrogen (secondary N) is 1. The molecule has 1 saturated carbocycles. The highest BCUT2D eigenvalue weighted by Gasteiger charge is 2.50. The van der Waals surface area contributed by atoms with E-state index in [1.54, 1.807) is 0 Å². The maximum absolute atomic E-state index is 3.34. The zero-order valence-electron chi connectivity index (χ0n) is 7.56. The normalized spacial score (nSPS) is 30.0. The van der Waals surface area contributed by atoms with Gasteiger partial charge >= 0.3 is 0 Å². The molecule has 0 amide bonds. The molecule has 1 spiro atoms. The first kappa shape index (κ1) is 7.56. The molecule has 1 saturated heterocycles. The van der Waals surface area contributed by atoms with Crippen LogP contribution in [0.5, 0.6) is 0 Å². The maximum atomic E-state index is 3.34. The Hall–Kier alpha value is -0.0800. The highest BCUT2D eigenvalue weighted by atomic mass is 15.2. The second kappa shape index (κ2) is 2.46. The molecule has 2 heteroatoms. The van der Waals surface area contributed by atoms with Crippen LogP contribution in [0.3, 0.4) is 0 Å². The van der Waals surface area contributed by atoms with Crippen molar-refractivity contribution in [3.8, 4) is 0 Å². The lowest BCUT2D eigenvalue weighted by Crippen LogP contribution is -2.65. The highest BCUT2D eigenvalue weighted by Crippen LogP contribution is 2.47. The number of hydrogen-bond acceptors (Lipinski definition) is 2. The SMILES string of the molecule is CCN1CC2(CC(NC)C2)C1. The van der Waals surface area contributed by atoms with E-state index in [0.717, 1.165) is 11.5 Å². The minimum absolute atomic E-state index is 0.754. The van der Waals surface area contributed by atoms with E-state index >= 15 is 0 Å². The fraction of sp³-hybridized carbons (Fsp3) is 1.00. The summed E-state index contributed by atoms with van der Waals surface area (Å²) in [5, 5.41) is 3.34. The first-order chi connectivity index (χ1) is 5.28. The Morgan fingerprint density at radius 3 is 2.55 bits per heavy atom. The van der Waals surface area contributed by atoms with Gasteiger partial charge in [-0.1, -0.05) is 6.92 Å². The molecule has 1 aliphatic carbocycles. The number of rotatable bonds is 2. The van der Waals surface area contributed by atoms with Crippen LogP contribution in [0.25, 0.3) is 0 Å². The van der Waals surface area contributed by atoms with Gasteiger partial charge in [0, 0.05) is 19.1 Å². The third kappa shape index (κ3) is 1.09. The maximum Gasteiger partial charge on any atom is 0.00765 e. The van der Waals surface area contributed by atoms with E-state index in [1.165, 1.54) is 32.5 Å². The highest BCUT2D eigenvalue weighted by molar-refractivity contribution is 5.06. The molecule has 0 aromatic carbocycles. The Labute approximate surface area is 69.0 Å². The Kier molecular flexibility index (Phi) is 1.69. The molecule has 0 bridgehead atoms.